The number of nitrogens with one attached hydrogen (secondary N) is 1. The molecule has 0 aromatic heterocycles. The van der Waals surface area contributed by atoms with Gasteiger partial charge in [-0.15, -0.1) is 0 Å². The summed E-state index contributed by atoms with van der Waals surface area (Å²) in [6.45, 7) is -0.570. The SMILES string of the molecule is CN(CC(O)CNC1CC1)CC(F)(F)F. The summed E-state index contributed by atoms with van der Waals surface area (Å²) in [6.07, 6.45) is -2.73. The Morgan fingerprint density at radius 1 is 1.47 bits per heavy atom. The molecule has 15 heavy (non-hydrogen) atoms. The molecule has 1 fully saturated rings. The summed E-state index contributed by atoms with van der Waals surface area (Å²) in [5.41, 5.74) is 0. The Labute approximate surface area is 87.3 Å². The number of hydrogen-bond donors (Lipinski definition) is 2. The zero-order chi connectivity index (χ0) is 11.5. The molecule has 0 saturated heterocycles. The van der Waals surface area contributed by atoms with Gasteiger partial charge in [-0.1, -0.05) is 0 Å². The Morgan fingerprint density at radius 3 is 2.53 bits per heavy atom. The minimum Gasteiger partial charge on any atom is -0.390 e. The van der Waals surface area contributed by atoms with Gasteiger partial charge in [-0.3, -0.25) is 4.90 Å². The second kappa shape index (κ2) is 5.14. The lowest BCUT2D eigenvalue weighted by Crippen LogP contribution is -2.40. The van der Waals surface area contributed by atoms with Crippen LogP contribution in [-0.4, -0.2) is 55.0 Å². The molecule has 0 aliphatic heterocycles. The molecule has 6 heteroatoms. The third kappa shape index (κ3) is 6.70. The largest absolute Gasteiger partial charge is 0.401 e. The van der Waals surface area contributed by atoms with Gasteiger partial charge in [-0.2, -0.15) is 13.2 Å². The number of alkyl halides is 3. The van der Waals surface area contributed by atoms with Crippen molar-refractivity contribution < 1.29 is 18.3 Å². The first-order valence-electron chi connectivity index (χ1n) is 5.03. The van der Waals surface area contributed by atoms with Crippen LogP contribution in [0.25, 0.3) is 0 Å². The molecule has 90 valence electrons. The predicted octanol–water partition coefficient (Wildman–Crippen LogP) is 0.593. The molecule has 0 heterocycles. The van der Waals surface area contributed by atoms with E-state index in [1.807, 2.05) is 0 Å². The maximum Gasteiger partial charge on any atom is 0.401 e. The third-order valence-corrected chi connectivity index (χ3v) is 2.19. The zero-order valence-electron chi connectivity index (χ0n) is 8.72. The minimum absolute atomic E-state index is 0.0409. The van der Waals surface area contributed by atoms with E-state index in [1.54, 1.807) is 0 Å². The molecule has 1 saturated carbocycles. The molecule has 1 atom stereocenters. The highest BCUT2D eigenvalue weighted by Gasteiger charge is 2.30. The van der Waals surface area contributed by atoms with Crippen LogP contribution in [0, 0.1) is 0 Å². The lowest BCUT2D eigenvalue weighted by molar-refractivity contribution is -0.145. The monoisotopic (exact) mass is 226 g/mol. The van der Waals surface area contributed by atoms with Gasteiger partial charge in [0.1, 0.15) is 0 Å². The maximum atomic E-state index is 11.9. The zero-order valence-corrected chi connectivity index (χ0v) is 8.72. The van der Waals surface area contributed by atoms with Gasteiger partial charge in [-0.05, 0) is 19.9 Å². The molecule has 2 N–H and O–H groups in total. The number of hydrogen-bond acceptors (Lipinski definition) is 3. The minimum atomic E-state index is -4.20. The first-order chi connectivity index (χ1) is 6.87. The Bertz CT molecular complexity index is 194. The van der Waals surface area contributed by atoms with E-state index in [9.17, 15) is 18.3 Å². The average Bonchev–Trinajstić information content (AvgIpc) is 2.79. The molecule has 0 spiro atoms. The normalized spacial score (nSPS) is 19.6. The highest BCUT2D eigenvalue weighted by molar-refractivity contribution is 4.82. The van der Waals surface area contributed by atoms with Gasteiger partial charge in [0.2, 0.25) is 0 Å². The van der Waals surface area contributed by atoms with Crippen LogP contribution >= 0.6 is 0 Å². The third-order valence-electron chi connectivity index (χ3n) is 2.19. The predicted molar refractivity (Wildman–Crippen MR) is 50.6 cm³/mol. The van der Waals surface area contributed by atoms with Crippen molar-refractivity contribution >= 4 is 0 Å². The number of halogens is 3. The molecule has 1 rings (SSSR count). The summed E-state index contributed by atoms with van der Waals surface area (Å²) in [7, 11) is 1.35. The van der Waals surface area contributed by atoms with Crippen molar-refractivity contribution in [2.24, 2.45) is 0 Å². The fraction of sp³-hybridized carbons (Fsp3) is 1.00. The van der Waals surface area contributed by atoms with Gasteiger partial charge in [-0.25, -0.2) is 0 Å². The molecule has 0 aromatic carbocycles. The van der Waals surface area contributed by atoms with Crippen molar-refractivity contribution in [3.05, 3.63) is 0 Å². The van der Waals surface area contributed by atoms with E-state index < -0.39 is 18.8 Å². The summed E-state index contributed by atoms with van der Waals surface area (Å²) in [6, 6.07) is 0.465. The topological polar surface area (TPSA) is 35.5 Å². The summed E-state index contributed by atoms with van der Waals surface area (Å²) in [5.74, 6) is 0. The molecular weight excluding hydrogens is 209 g/mol. The highest BCUT2D eigenvalue weighted by atomic mass is 19.4. The fourth-order valence-electron chi connectivity index (χ4n) is 1.39. The summed E-state index contributed by atoms with van der Waals surface area (Å²) in [5, 5.41) is 12.5. The summed E-state index contributed by atoms with van der Waals surface area (Å²) < 4.78 is 35.8. The van der Waals surface area contributed by atoms with E-state index in [-0.39, 0.29) is 6.54 Å². The standard InChI is InChI=1S/C9H17F3N2O/c1-14(6-9(10,11)12)5-8(15)4-13-7-2-3-7/h7-8,13,15H,2-6H2,1H3. The number of likely N-dealkylation sites (N-methyl/N-ethyl adjacent to an activating group) is 1. The first kappa shape index (κ1) is 12.7. The van der Waals surface area contributed by atoms with E-state index in [0.29, 0.717) is 12.6 Å². The molecule has 0 bridgehead atoms. The molecular formula is C9H17F3N2O. The fourth-order valence-corrected chi connectivity index (χ4v) is 1.39. The van der Waals surface area contributed by atoms with Crippen molar-refractivity contribution in [1.29, 1.82) is 0 Å². The van der Waals surface area contributed by atoms with Gasteiger partial charge < -0.3 is 10.4 Å². The van der Waals surface area contributed by atoms with Crippen molar-refractivity contribution in [2.75, 3.05) is 26.7 Å². The number of aliphatic hydroxyl groups is 1. The van der Waals surface area contributed by atoms with Crippen LogP contribution in [-0.2, 0) is 0 Å². The van der Waals surface area contributed by atoms with Crippen molar-refractivity contribution in [3.8, 4) is 0 Å². The van der Waals surface area contributed by atoms with Crippen LogP contribution in [0.5, 0.6) is 0 Å². The van der Waals surface area contributed by atoms with Gasteiger partial charge >= 0.3 is 6.18 Å². The lowest BCUT2D eigenvalue weighted by Gasteiger charge is -2.21. The van der Waals surface area contributed by atoms with Gasteiger partial charge in [0.25, 0.3) is 0 Å². The number of nitrogens with zero attached hydrogens (tertiary/aromatic N) is 1. The molecule has 0 radical (unpaired) electrons. The van der Waals surface area contributed by atoms with Crippen LogP contribution in [0.4, 0.5) is 13.2 Å². The van der Waals surface area contributed by atoms with Crippen LogP contribution in [0.3, 0.4) is 0 Å². The van der Waals surface area contributed by atoms with Crippen LogP contribution in [0.15, 0.2) is 0 Å². The summed E-state index contributed by atoms with van der Waals surface area (Å²) in [4.78, 5) is 1.08. The Balaban J connectivity index is 2.09. The first-order valence-corrected chi connectivity index (χ1v) is 5.03. The van der Waals surface area contributed by atoms with Crippen LogP contribution < -0.4 is 5.32 Å². The van der Waals surface area contributed by atoms with Crippen molar-refractivity contribution in [3.63, 3.8) is 0 Å². The van der Waals surface area contributed by atoms with Gasteiger partial charge in [0, 0.05) is 19.1 Å². The second-order valence-electron chi connectivity index (χ2n) is 4.15. The van der Waals surface area contributed by atoms with Crippen molar-refractivity contribution in [1.82, 2.24) is 10.2 Å². The lowest BCUT2D eigenvalue weighted by atomic mass is 10.3. The van der Waals surface area contributed by atoms with E-state index in [2.05, 4.69) is 5.32 Å². The molecule has 0 aromatic rings. The Morgan fingerprint density at radius 2 is 2.07 bits per heavy atom. The Kier molecular flexibility index (Phi) is 4.36. The van der Waals surface area contributed by atoms with Crippen LogP contribution in [0.1, 0.15) is 12.8 Å². The molecule has 1 aliphatic rings. The molecule has 0 amide bonds. The van der Waals surface area contributed by atoms with E-state index in [0.717, 1.165) is 17.7 Å². The highest BCUT2D eigenvalue weighted by Crippen LogP contribution is 2.18. The van der Waals surface area contributed by atoms with Gasteiger partial charge in [0.15, 0.2) is 0 Å². The van der Waals surface area contributed by atoms with Gasteiger partial charge in [0.05, 0.1) is 12.6 Å². The molecule has 1 unspecified atom stereocenters. The number of aliphatic hydroxyl groups excluding tert-OH is 1. The Hall–Kier alpha value is -0.330. The molecule has 1 aliphatic carbocycles. The smallest absolute Gasteiger partial charge is 0.390 e. The van der Waals surface area contributed by atoms with E-state index in [4.69, 9.17) is 0 Å². The van der Waals surface area contributed by atoms with Crippen molar-refractivity contribution in [2.45, 2.75) is 31.2 Å². The van der Waals surface area contributed by atoms with Crippen LogP contribution in [0.2, 0.25) is 0 Å². The number of rotatable bonds is 6. The average molecular weight is 226 g/mol. The molecule has 3 nitrogen and oxygen atoms in total. The second-order valence-corrected chi connectivity index (χ2v) is 4.15. The maximum absolute atomic E-state index is 11.9. The van der Waals surface area contributed by atoms with E-state index >= 15 is 0 Å². The summed E-state index contributed by atoms with van der Waals surface area (Å²) >= 11 is 0. The quantitative estimate of drug-likeness (QED) is 0.696. The van der Waals surface area contributed by atoms with E-state index in [1.165, 1.54) is 7.05 Å².